The number of sulfone groups is 1. The van der Waals surface area contributed by atoms with E-state index in [4.69, 9.17) is 23.2 Å². The average Bonchev–Trinajstić information content (AvgIpc) is 3.08. The highest BCUT2D eigenvalue weighted by Gasteiger charge is 2.17. The molecule has 1 aliphatic heterocycles. The van der Waals surface area contributed by atoms with Crippen LogP contribution < -0.4 is 16.4 Å². The van der Waals surface area contributed by atoms with Crippen molar-refractivity contribution in [2.24, 2.45) is 5.92 Å². The van der Waals surface area contributed by atoms with Crippen LogP contribution in [0, 0.1) is 5.92 Å². The zero-order chi connectivity index (χ0) is 34.7. The fourth-order valence-electron chi connectivity index (χ4n) is 5.49. The summed E-state index contributed by atoms with van der Waals surface area (Å²) in [6.45, 7) is 3.10. The van der Waals surface area contributed by atoms with E-state index in [0.717, 1.165) is 31.3 Å². The summed E-state index contributed by atoms with van der Waals surface area (Å²) < 4.78 is 22.9. The summed E-state index contributed by atoms with van der Waals surface area (Å²) in [6, 6.07) is 17.6. The normalized spacial score (nSPS) is 14.0. The number of nitrogens with one attached hydrogen (secondary N) is 3. The Balaban J connectivity index is 0.000000174. The van der Waals surface area contributed by atoms with Crippen molar-refractivity contribution in [3.8, 4) is 22.3 Å². The third kappa shape index (κ3) is 7.97. The highest BCUT2D eigenvalue weighted by Crippen LogP contribution is 2.28. The van der Waals surface area contributed by atoms with Crippen LogP contribution in [0.4, 0.5) is 5.95 Å². The second kappa shape index (κ2) is 14.4. The first-order valence-corrected chi connectivity index (χ1v) is 18.0. The minimum absolute atomic E-state index is 0.163. The number of benzene rings is 2. The van der Waals surface area contributed by atoms with E-state index in [9.17, 15) is 18.0 Å². The zero-order valence-electron chi connectivity index (χ0n) is 26.6. The minimum Gasteiger partial charge on any atom is -0.354 e. The van der Waals surface area contributed by atoms with E-state index in [1.807, 2.05) is 18.2 Å². The molecule has 0 spiro atoms. The fraction of sp³-hybridized carbons (Fsp3) is 0.235. The molecule has 15 heteroatoms. The highest BCUT2D eigenvalue weighted by molar-refractivity contribution is 7.90. The van der Waals surface area contributed by atoms with Gasteiger partial charge >= 0.3 is 0 Å². The first-order valence-electron chi connectivity index (χ1n) is 15.4. The number of pyridine rings is 2. The Labute approximate surface area is 291 Å². The van der Waals surface area contributed by atoms with E-state index in [1.165, 1.54) is 19.0 Å². The molecule has 3 N–H and O–H groups in total. The van der Waals surface area contributed by atoms with Crippen molar-refractivity contribution >= 4 is 61.1 Å². The maximum absolute atomic E-state index is 12.5. The number of hydrogen-bond donors (Lipinski definition) is 3. The number of piperidine rings is 1. The lowest BCUT2D eigenvalue weighted by Gasteiger charge is -2.28. The van der Waals surface area contributed by atoms with Crippen molar-refractivity contribution in [3.63, 3.8) is 0 Å². The average molecular weight is 720 g/mol. The molecule has 1 fully saturated rings. The predicted octanol–water partition coefficient (Wildman–Crippen LogP) is 5.43. The standard InChI is InChI=1S/C20H22ClN5O.C14H10ClN3O3S/c1-26-8-6-13(7-9-26)11-22-20-23-12-14-10-16(19(27)24-18(14)25-20)15-4-2-3-5-17(15)21;1-22(20,21)14-16-7-8-6-10(13(19)17-12(8)18-14)9-4-2-3-5-11(9)15/h2-5,10,12-13H,6-9,11H2,1H3,(H2,22,23,24,25,27);2-7H,1H3,(H,16,17,18,19). The van der Waals surface area contributed by atoms with Crippen LogP contribution in [0.25, 0.3) is 44.3 Å². The molecule has 5 heterocycles. The molecule has 4 aromatic heterocycles. The molecule has 1 saturated heterocycles. The number of nitrogens with zero attached hydrogens (tertiary/aromatic N) is 5. The van der Waals surface area contributed by atoms with Crippen LogP contribution in [0.15, 0.2) is 87.8 Å². The molecule has 0 amide bonds. The lowest BCUT2D eigenvalue weighted by Crippen LogP contribution is -2.33. The second-order valence-corrected chi connectivity index (χ2v) is 14.6. The number of hydrogen-bond acceptors (Lipinski definition) is 10. The summed E-state index contributed by atoms with van der Waals surface area (Å²) in [7, 11) is -1.39. The molecule has 0 unspecified atom stereocenters. The summed E-state index contributed by atoms with van der Waals surface area (Å²) in [5.41, 5.74) is 2.24. The molecular weight excluding hydrogens is 687 g/mol. The van der Waals surface area contributed by atoms with Crippen LogP contribution in [0.2, 0.25) is 10.0 Å². The molecule has 1 aliphatic rings. The Morgan fingerprint density at radius 2 is 1.31 bits per heavy atom. The van der Waals surface area contributed by atoms with E-state index < -0.39 is 15.4 Å². The Morgan fingerprint density at radius 1 is 0.796 bits per heavy atom. The smallest absolute Gasteiger partial charge is 0.257 e. The maximum atomic E-state index is 12.5. The van der Waals surface area contributed by atoms with Crippen LogP contribution >= 0.6 is 23.2 Å². The van der Waals surface area contributed by atoms with Gasteiger partial charge in [0, 0.05) is 68.3 Å². The lowest BCUT2D eigenvalue weighted by molar-refractivity contribution is 0.226. The molecule has 0 atom stereocenters. The number of aromatic nitrogens is 6. The molecule has 0 bridgehead atoms. The van der Waals surface area contributed by atoms with E-state index in [0.29, 0.717) is 55.2 Å². The van der Waals surface area contributed by atoms with Crippen molar-refractivity contribution in [2.45, 2.75) is 18.0 Å². The Bertz CT molecular complexity index is 2390. The van der Waals surface area contributed by atoms with Gasteiger partial charge in [0.2, 0.25) is 20.9 Å². The van der Waals surface area contributed by atoms with Gasteiger partial charge in [0.1, 0.15) is 11.3 Å². The largest absolute Gasteiger partial charge is 0.354 e. The van der Waals surface area contributed by atoms with Gasteiger partial charge in [-0.15, -0.1) is 0 Å². The highest BCUT2D eigenvalue weighted by atomic mass is 35.5. The summed E-state index contributed by atoms with van der Waals surface area (Å²) in [5.74, 6) is 1.17. The monoisotopic (exact) mass is 718 g/mol. The molecular formula is C34H32Cl2N8O4S. The van der Waals surface area contributed by atoms with E-state index in [1.54, 1.807) is 48.7 Å². The topological polar surface area (TPSA) is 167 Å². The van der Waals surface area contributed by atoms with Gasteiger partial charge in [0.15, 0.2) is 0 Å². The third-order valence-corrected chi connectivity index (χ3v) is 9.73. The number of H-pyrrole nitrogens is 2. The summed E-state index contributed by atoms with van der Waals surface area (Å²) in [5, 5.41) is 5.26. The van der Waals surface area contributed by atoms with Crippen molar-refractivity contribution in [1.29, 1.82) is 0 Å². The van der Waals surface area contributed by atoms with Gasteiger partial charge in [0.05, 0.1) is 0 Å². The predicted molar refractivity (Wildman–Crippen MR) is 193 cm³/mol. The number of likely N-dealkylation sites (tertiary alicyclic amines) is 1. The zero-order valence-corrected chi connectivity index (χ0v) is 28.9. The first kappa shape index (κ1) is 34.2. The van der Waals surface area contributed by atoms with Crippen LogP contribution in [-0.4, -0.2) is 76.2 Å². The van der Waals surface area contributed by atoms with Crippen molar-refractivity contribution < 1.29 is 8.42 Å². The van der Waals surface area contributed by atoms with Gasteiger partial charge in [0.25, 0.3) is 11.1 Å². The molecule has 252 valence electrons. The van der Waals surface area contributed by atoms with Gasteiger partial charge in [-0.25, -0.2) is 23.4 Å². The lowest BCUT2D eigenvalue weighted by atomic mass is 9.97. The second-order valence-electron chi connectivity index (χ2n) is 11.8. The quantitative estimate of drug-likeness (QED) is 0.189. The van der Waals surface area contributed by atoms with E-state index in [2.05, 4.69) is 47.2 Å². The van der Waals surface area contributed by atoms with Gasteiger partial charge in [-0.2, -0.15) is 4.98 Å². The fourth-order valence-corrected chi connectivity index (χ4v) is 6.47. The summed E-state index contributed by atoms with van der Waals surface area (Å²) in [6.07, 6.45) is 6.44. The van der Waals surface area contributed by atoms with Crippen LogP contribution in [0.1, 0.15) is 12.8 Å². The molecule has 2 aromatic carbocycles. The molecule has 49 heavy (non-hydrogen) atoms. The first-order chi connectivity index (χ1) is 23.5. The van der Waals surface area contributed by atoms with Crippen LogP contribution in [0.5, 0.6) is 0 Å². The van der Waals surface area contributed by atoms with Gasteiger partial charge < -0.3 is 20.2 Å². The number of rotatable bonds is 6. The molecule has 7 rings (SSSR count). The number of anilines is 1. The van der Waals surface area contributed by atoms with Crippen LogP contribution in [-0.2, 0) is 9.84 Å². The molecule has 0 aliphatic carbocycles. The Kier molecular flexibility index (Phi) is 10.1. The molecule has 6 aromatic rings. The van der Waals surface area contributed by atoms with Crippen LogP contribution in [0.3, 0.4) is 0 Å². The maximum Gasteiger partial charge on any atom is 0.257 e. The van der Waals surface area contributed by atoms with E-state index in [-0.39, 0.29) is 16.4 Å². The molecule has 0 saturated carbocycles. The minimum atomic E-state index is -3.54. The summed E-state index contributed by atoms with van der Waals surface area (Å²) >= 11 is 12.3. The SMILES string of the molecule is CN1CCC(CNc2ncc3cc(-c4ccccc4Cl)c(=O)[nH]c3n2)CC1.CS(=O)(=O)c1ncc2cc(-c3ccccc3Cl)c(=O)[nH]c2n1. The Hall–Kier alpha value is -4.69. The van der Waals surface area contributed by atoms with Gasteiger partial charge in [-0.1, -0.05) is 59.6 Å². The Morgan fingerprint density at radius 3 is 1.84 bits per heavy atom. The number of fused-ring (bicyclic) bond motifs is 2. The third-order valence-electron chi connectivity index (χ3n) is 8.21. The number of halogens is 2. The molecule has 12 nitrogen and oxygen atoms in total. The van der Waals surface area contributed by atoms with Gasteiger partial charge in [-0.05, 0) is 63.2 Å². The van der Waals surface area contributed by atoms with Crippen molar-refractivity contribution in [1.82, 2.24) is 34.8 Å². The molecule has 0 radical (unpaired) electrons. The summed E-state index contributed by atoms with van der Waals surface area (Å²) in [4.78, 5) is 49.1. The van der Waals surface area contributed by atoms with Crippen molar-refractivity contribution in [2.75, 3.05) is 38.3 Å². The van der Waals surface area contributed by atoms with Crippen molar-refractivity contribution in [3.05, 3.63) is 104 Å². The van der Waals surface area contributed by atoms with Gasteiger partial charge in [-0.3, -0.25) is 9.59 Å². The van der Waals surface area contributed by atoms with E-state index >= 15 is 0 Å². The number of aromatic amines is 2.